The first-order valence-corrected chi connectivity index (χ1v) is 10.9. The monoisotopic (exact) mass is 449 g/mol. The zero-order chi connectivity index (χ0) is 21.0. The second-order valence-corrected chi connectivity index (χ2v) is 8.54. The van der Waals surface area contributed by atoms with Crippen LogP contribution in [-0.2, 0) is 10.0 Å². The molecule has 150 valence electrons. The van der Waals surface area contributed by atoms with E-state index in [4.69, 9.17) is 27.9 Å². The Morgan fingerprint density at radius 2 is 1.62 bits per heavy atom. The number of carbonyl (C=O) groups excluding carboxylic acids is 1. The van der Waals surface area contributed by atoms with Crippen LogP contribution in [0.3, 0.4) is 0 Å². The highest BCUT2D eigenvalue weighted by molar-refractivity contribution is 7.92. The first kappa shape index (κ1) is 21.2. The minimum atomic E-state index is -4.09. The zero-order valence-corrected chi connectivity index (χ0v) is 17.7. The summed E-state index contributed by atoms with van der Waals surface area (Å²) in [6.45, 7) is 2.02. The average Bonchev–Trinajstić information content (AvgIpc) is 2.71. The van der Waals surface area contributed by atoms with Crippen LogP contribution >= 0.6 is 23.2 Å². The standard InChI is InChI=1S/C21H17Cl2NO4S/c1-2-28-19-11-9-16(23)13-20(19)29(26,27)24-18-10-8-15(22)12-17(18)21(25)14-6-4-3-5-7-14/h3-13,24H,2H2,1H3. The number of hydrogen-bond acceptors (Lipinski definition) is 4. The summed E-state index contributed by atoms with van der Waals surface area (Å²) in [5.74, 6) is -0.198. The van der Waals surface area contributed by atoms with Gasteiger partial charge < -0.3 is 4.74 Å². The lowest BCUT2D eigenvalue weighted by molar-refractivity contribution is 0.103. The van der Waals surface area contributed by atoms with Crippen molar-refractivity contribution in [3.05, 3.63) is 87.9 Å². The fourth-order valence-electron chi connectivity index (χ4n) is 2.70. The van der Waals surface area contributed by atoms with Crippen molar-refractivity contribution < 1.29 is 17.9 Å². The number of sulfonamides is 1. The molecule has 3 rings (SSSR count). The number of carbonyl (C=O) groups is 1. The Morgan fingerprint density at radius 1 is 0.966 bits per heavy atom. The molecule has 0 unspecified atom stereocenters. The smallest absolute Gasteiger partial charge is 0.265 e. The van der Waals surface area contributed by atoms with Crippen molar-refractivity contribution in [3.8, 4) is 5.75 Å². The van der Waals surface area contributed by atoms with E-state index in [1.54, 1.807) is 37.3 Å². The van der Waals surface area contributed by atoms with Gasteiger partial charge in [0.25, 0.3) is 10.0 Å². The van der Waals surface area contributed by atoms with Crippen LogP contribution in [0.5, 0.6) is 5.75 Å². The predicted octanol–water partition coefficient (Wildman–Crippen LogP) is 5.42. The van der Waals surface area contributed by atoms with E-state index in [1.165, 1.54) is 36.4 Å². The topological polar surface area (TPSA) is 72.5 Å². The third kappa shape index (κ3) is 4.90. The van der Waals surface area contributed by atoms with Crippen LogP contribution in [-0.4, -0.2) is 20.8 Å². The lowest BCUT2D eigenvalue weighted by Crippen LogP contribution is -2.17. The number of ketones is 1. The van der Waals surface area contributed by atoms with E-state index in [2.05, 4.69) is 4.72 Å². The third-order valence-corrected chi connectivity index (χ3v) is 5.86. The van der Waals surface area contributed by atoms with Crippen molar-refractivity contribution in [1.29, 1.82) is 0 Å². The van der Waals surface area contributed by atoms with Crippen LogP contribution < -0.4 is 9.46 Å². The van der Waals surface area contributed by atoms with Crippen molar-refractivity contribution in [1.82, 2.24) is 0 Å². The van der Waals surface area contributed by atoms with Gasteiger partial charge in [0.15, 0.2) is 5.78 Å². The number of anilines is 1. The number of benzene rings is 3. The average molecular weight is 450 g/mol. The minimum absolute atomic E-state index is 0.102. The van der Waals surface area contributed by atoms with Gasteiger partial charge in [-0.1, -0.05) is 53.5 Å². The van der Waals surface area contributed by atoms with Gasteiger partial charge in [-0.15, -0.1) is 0 Å². The van der Waals surface area contributed by atoms with Gasteiger partial charge >= 0.3 is 0 Å². The van der Waals surface area contributed by atoms with Crippen LogP contribution in [0, 0.1) is 0 Å². The van der Waals surface area contributed by atoms with Crippen molar-refractivity contribution in [3.63, 3.8) is 0 Å². The Hall–Kier alpha value is -2.54. The molecule has 0 atom stereocenters. The molecule has 1 N–H and O–H groups in total. The lowest BCUT2D eigenvalue weighted by atomic mass is 10.0. The molecule has 5 nitrogen and oxygen atoms in total. The molecule has 0 bridgehead atoms. The molecule has 0 aromatic heterocycles. The molecular formula is C21H17Cl2NO4S. The second kappa shape index (κ2) is 8.86. The number of nitrogens with one attached hydrogen (secondary N) is 1. The molecule has 0 heterocycles. The van der Waals surface area contributed by atoms with E-state index < -0.39 is 10.0 Å². The highest BCUT2D eigenvalue weighted by Gasteiger charge is 2.23. The summed E-state index contributed by atoms with van der Waals surface area (Å²) >= 11 is 12.0. The van der Waals surface area contributed by atoms with Crippen molar-refractivity contribution in [2.24, 2.45) is 0 Å². The molecule has 3 aromatic carbocycles. The zero-order valence-electron chi connectivity index (χ0n) is 15.4. The normalized spacial score (nSPS) is 11.1. The van der Waals surface area contributed by atoms with Crippen LogP contribution in [0.1, 0.15) is 22.8 Å². The van der Waals surface area contributed by atoms with Crippen molar-refractivity contribution in [2.45, 2.75) is 11.8 Å². The quantitative estimate of drug-likeness (QED) is 0.488. The molecule has 29 heavy (non-hydrogen) atoms. The highest BCUT2D eigenvalue weighted by atomic mass is 35.5. The molecule has 0 spiro atoms. The van der Waals surface area contributed by atoms with Crippen LogP contribution in [0.15, 0.2) is 71.6 Å². The summed E-state index contributed by atoms with van der Waals surface area (Å²) < 4.78 is 34.0. The van der Waals surface area contributed by atoms with Gasteiger partial charge in [0.05, 0.1) is 12.3 Å². The maximum Gasteiger partial charge on any atom is 0.265 e. The van der Waals surface area contributed by atoms with E-state index in [0.29, 0.717) is 10.6 Å². The summed E-state index contributed by atoms with van der Waals surface area (Å²) in [4.78, 5) is 12.8. The Labute approximate surface area is 179 Å². The fourth-order valence-corrected chi connectivity index (χ4v) is 4.37. The van der Waals surface area contributed by atoms with Crippen LogP contribution in [0.25, 0.3) is 0 Å². The van der Waals surface area contributed by atoms with Gasteiger partial charge in [-0.05, 0) is 43.3 Å². The molecule has 0 aliphatic rings. The van der Waals surface area contributed by atoms with Gasteiger partial charge in [0.2, 0.25) is 0 Å². The first-order chi connectivity index (χ1) is 13.8. The van der Waals surface area contributed by atoms with Gasteiger partial charge in [-0.2, -0.15) is 0 Å². The summed E-state index contributed by atoms with van der Waals surface area (Å²) in [6, 6.07) is 17.2. The molecule has 0 aliphatic heterocycles. The molecule has 0 radical (unpaired) electrons. The van der Waals surface area contributed by atoms with E-state index in [-0.39, 0.29) is 39.3 Å². The van der Waals surface area contributed by atoms with Crippen LogP contribution in [0.4, 0.5) is 5.69 Å². The molecule has 0 aliphatic carbocycles. The third-order valence-electron chi connectivity index (χ3n) is 4.00. The molecule has 0 amide bonds. The second-order valence-electron chi connectivity index (χ2n) is 6.01. The Morgan fingerprint density at radius 3 is 2.31 bits per heavy atom. The SMILES string of the molecule is CCOc1ccc(Cl)cc1S(=O)(=O)Nc1ccc(Cl)cc1C(=O)c1ccccc1. The van der Waals surface area contributed by atoms with Gasteiger partial charge in [0, 0.05) is 21.2 Å². The first-order valence-electron chi connectivity index (χ1n) is 8.66. The summed E-state index contributed by atoms with van der Waals surface area (Å²) in [6.07, 6.45) is 0. The van der Waals surface area contributed by atoms with Gasteiger partial charge in [-0.3, -0.25) is 9.52 Å². The molecule has 8 heteroatoms. The largest absolute Gasteiger partial charge is 0.492 e. The van der Waals surface area contributed by atoms with Crippen LogP contribution in [0.2, 0.25) is 10.0 Å². The van der Waals surface area contributed by atoms with E-state index in [1.807, 2.05) is 0 Å². The van der Waals surface area contributed by atoms with E-state index >= 15 is 0 Å². The maximum atomic E-state index is 13.1. The molecular weight excluding hydrogens is 433 g/mol. The fraction of sp³-hybridized carbons (Fsp3) is 0.0952. The number of rotatable bonds is 7. The number of halogens is 2. The number of ether oxygens (including phenoxy) is 1. The van der Waals surface area contributed by atoms with E-state index in [0.717, 1.165) is 0 Å². The number of hydrogen-bond donors (Lipinski definition) is 1. The minimum Gasteiger partial charge on any atom is -0.492 e. The summed E-state index contributed by atoms with van der Waals surface area (Å²) in [5, 5.41) is 0.551. The maximum absolute atomic E-state index is 13.1. The molecule has 0 fully saturated rings. The van der Waals surface area contributed by atoms with Gasteiger partial charge in [-0.25, -0.2) is 8.42 Å². The van der Waals surface area contributed by atoms with E-state index in [9.17, 15) is 13.2 Å². The van der Waals surface area contributed by atoms with Crippen molar-refractivity contribution >= 4 is 44.7 Å². The Bertz CT molecular complexity index is 1150. The molecule has 3 aromatic rings. The predicted molar refractivity (Wildman–Crippen MR) is 115 cm³/mol. The molecule has 0 saturated carbocycles. The summed E-state index contributed by atoms with van der Waals surface area (Å²) in [7, 11) is -4.09. The van der Waals surface area contributed by atoms with Crippen molar-refractivity contribution in [2.75, 3.05) is 11.3 Å². The lowest BCUT2D eigenvalue weighted by Gasteiger charge is -2.15. The molecule has 0 saturated heterocycles. The Balaban J connectivity index is 2.05. The van der Waals surface area contributed by atoms with Gasteiger partial charge in [0.1, 0.15) is 10.6 Å². The highest BCUT2D eigenvalue weighted by Crippen LogP contribution is 2.31. The Kier molecular flexibility index (Phi) is 6.47. The summed E-state index contributed by atoms with van der Waals surface area (Å²) in [5.41, 5.74) is 0.644.